The van der Waals surface area contributed by atoms with E-state index >= 15 is 0 Å². The molecule has 1 fully saturated rings. The van der Waals surface area contributed by atoms with Crippen molar-refractivity contribution in [1.82, 2.24) is 4.31 Å². The van der Waals surface area contributed by atoms with Gasteiger partial charge in [0.05, 0.1) is 4.90 Å². The quantitative estimate of drug-likeness (QED) is 0.602. The van der Waals surface area contributed by atoms with Gasteiger partial charge in [0.15, 0.2) is 0 Å². The minimum absolute atomic E-state index is 0.0333. The third-order valence-electron chi connectivity index (χ3n) is 5.70. The van der Waals surface area contributed by atoms with Crippen LogP contribution in [-0.4, -0.2) is 31.2 Å². The number of nitrogens with zero attached hydrogens (tertiary/aromatic N) is 1. The first-order chi connectivity index (χ1) is 15.0. The first-order valence-electron chi connectivity index (χ1n) is 10.5. The average molecular weight is 435 g/mol. The van der Waals surface area contributed by atoms with E-state index in [1.54, 1.807) is 22.5 Å². The van der Waals surface area contributed by atoms with Gasteiger partial charge in [-0.05, 0) is 49.6 Å². The van der Waals surface area contributed by atoms with E-state index < -0.39 is 10.0 Å². The molecule has 0 aromatic heterocycles. The first-order valence-corrected chi connectivity index (χ1v) is 12.0. The number of para-hydroxylation sites is 1. The highest BCUT2D eigenvalue weighted by Gasteiger charge is 2.31. The molecule has 1 N–H and O–H groups in total. The van der Waals surface area contributed by atoms with Gasteiger partial charge in [-0.25, -0.2) is 8.42 Å². The number of carbonyl (C=O) groups is 1. The maximum Gasteiger partial charge on any atom is 0.255 e. The van der Waals surface area contributed by atoms with Crippen LogP contribution >= 0.6 is 0 Å². The Bertz CT molecular complexity index is 1180. The van der Waals surface area contributed by atoms with Gasteiger partial charge in [0, 0.05) is 29.4 Å². The largest absolute Gasteiger partial charge is 0.321 e. The Balaban J connectivity index is 1.60. The summed E-state index contributed by atoms with van der Waals surface area (Å²) < 4.78 is 27.9. The lowest BCUT2D eigenvalue weighted by Crippen LogP contribution is -2.41. The van der Waals surface area contributed by atoms with Gasteiger partial charge in [-0.2, -0.15) is 4.31 Å². The second-order valence-electron chi connectivity index (χ2n) is 7.85. The van der Waals surface area contributed by atoms with Gasteiger partial charge in [0.2, 0.25) is 10.0 Å². The van der Waals surface area contributed by atoms with Crippen LogP contribution < -0.4 is 5.32 Å². The summed E-state index contributed by atoms with van der Waals surface area (Å²) in [5.41, 5.74) is 2.89. The molecule has 0 bridgehead atoms. The Labute approximate surface area is 183 Å². The number of sulfonamides is 1. The lowest BCUT2D eigenvalue weighted by molar-refractivity contribution is 0.102. The number of hydrogen-bond acceptors (Lipinski definition) is 3. The van der Waals surface area contributed by atoms with Crippen molar-refractivity contribution in [2.24, 2.45) is 0 Å². The summed E-state index contributed by atoms with van der Waals surface area (Å²) in [5.74, 6) is -0.341. The van der Waals surface area contributed by atoms with Crippen molar-refractivity contribution in [3.8, 4) is 11.1 Å². The van der Waals surface area contributed by atoms with Gasteiger partial charge in [-0.3, -0.25) is 4.79 Å². The van der Waals surface area contributed by atoms with E-state index in [-0.39, 0.29) is 16.8 Å². The summed E-state index contributed by atoms with van der Waals surface area (Å²) in [6, 6.07) is 23.6. The number of hydrogen-bond donors (Lipinski definition) is 1. The van der Waals surface area contributed by atoms with Gasteiger partial charge >= 0.3 is 0 Å². The summed E-state index contributed by atoms with van der Waals surface area (Å²) in [5, 5.41) is 2.94. The van der Waals surface area contributed by atoms with E-state index in [1.165, 1.54) is 6.07 Å². The van der Waals surface area contributed by atoms with E-state index in [9.17, 15) is 13.2 Å². The molecule has 0 radical (unpaired) electrons. The molecule has 5 nitrogen and oxygen atoms in total. The van der Waals surface area contributed by atoms with E-state index in [0.717, 1.165) is 30.4 Å². The highest BCUT2D eigenvalue weighted by Crippen LogP contribution is 2.29. The summed E-state index contributed by atoms with van der Waals surface area (Å²) in [6.45, 7) is 2.46. The third kappa shape index (κ3) is 4.55. The zero-order chi connectivity index (χ0) is 21.8. The van der Waals surface area contributed by atoms with Crippen molar-refractivity contribution in [2.45, 2.75) is 37.1 Å². The van der Waals surface area contributed by atoms with Crippen LogP contribution in [-0.2, 0) is 10.0 Å². The molecular weight excluding hydrogens is 408 g/mol. The standard InChI is InChI=1S/C25H26N2O3S/c1-19-10-7-8-17-27(19)31(29,30)22-14-9-13-21(18-22)25(28)26-24-16-6-5-15-23(24)20-11-3-2-4-12-20/h2-6,9,11-16,18-19H,7-8,10,17H2,1H3,(H,26,28). The molecular formula is C25H26N2O3S. The van der Waals surface area contributed by atoms with Crippen molar-refractivity contribution in [3.63, 3.8) is 0 Å². The van der Waals surface area contributed by atoms with Gasteiger partial charge < -0.3 is 5.32 Å². The maximum absolute atomic E-state index is 13.2. The Morgan fingerprint density at radius 2 is 1.68 bits per heavy atom. The number of rotatable bonds is 5. The van der Waals surface area contributed by atoms with Crippen molar-refractivity contribution in [2.75, 3.05) is 11.9 Å². The van der Waals surface area contributed by atoms with Crippen LogP contribution in [0.2, 0.25) is 0 Å². The second-order valence-corrected chi connectivity index (χ2v) is 9.74. The van der Waals surface area contributed by atoms with Gasteiger partial charge in [0.1, 0.15) is 0 Å². The van der Waals surface area contributed by atoms with Crippen LogP contribution in [0.1, 0.15) is 36.5 Å². The number of benzene rings is 3. The number of anilines is 1. The molecule has 1 aliphatic heterocycles. The van der Waals surface area contributed by atoms with E-state index in [1.807, 2.05) is 61.5 Å². The molecule has 6 heteroatoms. The molecule has 0 aliphatic carbocycles. The smallest absolute Gasteiger partial charge is 0.255 e. The minimum atomic E-state index is -3.64. The lowest BCUT2D eigenvalue weighted by Gasteiger charge is -2.32. The van der Waals surface area contributed by atoms with Crippen molar-refractivity contribution >= 4 is 21.6 Å². The first kappa shape index (κ1) is 21.3. The number of nitrogens with one attached hydrogen (secondary N) is 1. The van der Waals surface area contributed by atoms with Crippen LogP contribution in [0, 0.1) is 0 Å². The fraction of sp³-hybridized carbons (Fsp3) is 0.240. The average Bonchev–Trinajstić information content (AvgIpc) is 2.80. The lowest BCUT2D eigenvalue weighted by atomic mass is 10.0. The molecule has 1 heterocycles. The molecule has 1 amide bonds. The van der Waals surface area contributed by atoms with Crippen LogP contribution in [0.3, 0.4) is 0 Å². The molecule has 1 unspecified atom stereocenters. The predicted octanol–water partition coefficient (Wildman–Crippen LogP) is 5.17. The summed E-state index contributed by atoms with van der Waals surface area (Å²) in [4.78, 5) is 13.2. The van der Waals surface area contributed by atoms with Crippen LogP contribution in [0.4, 0.5) is 5.69 Å². The second kappa shape index (κ2) is 9.04. The fourth-order valence-corrected chi connectivity index (χ4v) is 5.76. The number of carbonyl (C=O) groups excluding carboxylic acids is 1. The SMILES string of the molecule is CC1CCCCN1S(=O)(=O)c1cccc(C(=O)Nc2ccccc2-c2ccccc2)c1. The molecule has 3 aromatic carbocycles. The topological polar surface area (TPSA) is 66.5 Å². The Hall–Kier alpha value is -2.96. The Kier molecular flexibility index (Phi) is 6.20. The molecule has 0 saturated carbocycles. The maximum atomic E-state index is 13.2. The van der Waals surface area contributed by atoms with E-state index in [4.69, 9.17) is 0 Å². The number of amides is 1. The Morgan fingerprint density at radius 3 is 2.45 bits per heavy atom. The van der Waals surface area contributed by atoms with Gasteiger partial charge in [-0.1, -0.05) is 61.0 Å². The normalized spacial score (nSPS) is 17.3. The molecule has 4 rings (SSSR count). The van der Waals surface area contributed by atoms with E-state index in [0.29, 0.717) is 17.8 Å². The molecule has 3 aromatic rings. The predicted molar refractivity (Wildman–Crippen MR) is 123 cm³/mol. The summed E-state index contributed by atoms with van der Waals surface area (Å²) >= 11 is 0. The molecule has 31 heavy (non-hydrogen) atoms. The molecule has 1 aliphatic rings. The molecule has 1 atom stereocenters. The van der Waals surface area contributed by atoms with Crippen molar-refractivity contribution in [1.29, 1.82) is 0 Å². The fourth-order valence-electron chi connectivity index (χ4n) is 4.02. The monoisotopic (exact) mass is 434 g/mol. The molecule has 1 saturated heterocycles. The highest BCUT2D eigenvalue weighted by molar-refractivity contribution is 7.89. The summed E-state index contributed by atoms with van der Waals surface area (Å²) in [7, 11) is -3.64. The van der Waals surface area contributed by atoms with Crippen molar-refractivity contribution < 1.29 is 13.2 Å². The Morgan fingerprint density at radius 1 is 0.935 bits per heavy atom. The highest BCUT2D eigenvalue weighted by atomic mass is 32.2. The minimum Gasteiger partial charge on any atom is -0.321 e. The van der Waals surface area contributed by atoms with E-state index in [2.05, 4.69) is 5.32 Å². The zero-order valence-electron chi connectivity index (χ0n) is 17.5. The molecule has 160 valence electrons. The van der Waals surface area contributed by atoms with Crippen LogP contribution in [0.15, 0.2) is 83.8 Å². The van der Waals surface area contributed by atoms with Crippen molar-refractivity contribution in [3.05, 3.63) is 84.4 Å². The van der Waals surface area contributed by atoms with Gasteiger partial charge in [0.25, 0.3) is 5.91 Å². The third-order valence-corrected chi connectivity index (χ3v) is 7.71. The van der Waals surface area contributed by atoms with Crippen LogP contribution in [0.5, 0.6) is 0 Å². The van der Waals surface area contributed by atoms with Gasteiger partial charge in [-0.15, -0.1) is 0 Å². The zero-order valence-corrected chi connectivity index (χ0v) is 18.3. The van der Waals surface area contributed by atoms with Crippen LogP contribution in [0.25, 0.3) is 11.1 Å². The summed E-state index contributed by atoms with van der Waals surface area (Å²) in [6.07, 6.45) is 2.76. The number of piperidine rings is 1. The molecule has 0 spiro atoms.